The standard InChI is InChI=1S/C15H28O2/c1-3-5-7-8-9-10-11-12-13-15(16)17-14-6-4-2/h10-11H,3-9,12-14H2,1-2H3/b11-10+. The van der Waals surface area contributed by atoms with Crippen molar-refractivity contribution in [3.05, 3.63) is 12.2 Å². The highest BCUT2D eigenvalue weighted by atomic mass is 16.5. The smallest absolute Gasteiger partial charge is 0.306 e. The number of rotatable bonds is 11. The molecular weight excluding hydrogens is 212 g/mol. The monoisotopic (exact) mass is 240 g/mol. The van der Waals surface area contributed by atoms with Gasteiger partial charge in [0.2, 0.25) is 0 Å². The van der Waals surface area contributed by atoms with Gasteiger partial charge in [-0.2, -0.15) is 0 Å². The maximum atomic E-state index is 11.2. The van der Waals surface area contributed by atoms with Gasteiger partial charge in [0.15, 0.2) is 0 Å². The number of hydrogen-bond donors (Lipinski definition) is 0. The van der Waals surface area contributed by atoms with Crippen LogP contribution in [-0.2, 0) is 9.53 Å². The zero-order chi connectivity index (χ0) is 12.8. The van der Waals surface area contributed by atoms with E-state index in [1.807, 2.05) is 0 Å². The zero-order valence-electron chi connectivity index (χ0n) is 11.5. The average molecular weight is 240 g/mol. The van der Waals surface area contributed by atoms with Crippen LogP contribution in [0.1, 0.15) is 71.6 Å². The number of hydrogen-bond acceptors (Lipinski definition) is 2. The summed E-state index contributed by atoms with van der Waals surface area (Å²) in [5, 5.41) is 0. The zero-order valence-corrected chi connectivity index (χ0v) is 11.5. The second-order valence-corrected chi connectivity index (χ2v) is 4.43. The first-order chi connectivity index (χ1) is 8.31. The van der Waals surface area contributed by atoms with Crippen molar-refractivity contribution in [3.63, 3.8) is 0 Å². The van der Waals surface area contributed by atoms with Gasteiger partial charge in [-0.15, -0.1) is 0 Å². The number of ether oxygens (including phenoxy) is 1. The molecule has 0 bridgehead atoms. The number of unbranched alkanes of at least 4 members (excludes halogenated alkanes) is 5. The Labute approximate surface area is 106 Å². The predicted molar refractivity (Wildman–Crippen MR) is 73.0 cm³/mol. The molecule has 0 heterocycles. The predicted octanol–water partition coefficient (Wildman–Crippen LogP) is 4.64. The van der Waals surface area contributed by atoms with Crippen molar-refractivity contribution in [2.75, 3.05) is 6.61 Å². The molecule has 0 aromatic rings. The summed E-state index contributed by atoms with van der Waals surface area (Å²) in [5.41, 5.74) is 0. The Balaban J connectivity index is 3.25. The molecule has 0 aliphatic heterocycles. The van der Waals surface area contributed by atoms with Crippen molar-refractivity contribution in [1.82, 2.24) is 0 Å². The molecule has 0 aliphatic carbocycles. The van der Waals surface area contributed by atoms with E-state index >= 15 is 0 Å². The lowest BCUT2D eigenvalue weighted by Gasteiger charge is -2.01. The second kappa shape index (κ2) is 13.3. The molecule has 0 N–H and O–H groups in total. The van der Waals surface area contributed by atoms with Crippen molar-refractivity contribution < 1.29 is 9.53 Å². The third kappa shape index (κ3) is 13.1. The Morgan fingerprint density at radius 2 is 1.65 bits per heavy atom. The minimum Gasteiger partial charge on any atom is -0.466 e. The minimum atomic E-state index is -0.0610. The minimum absolute atomic E-state index is 0.0610. The van der Waals surface area contributed by atoms with Gasteiger partial charge in [0, 0.05) is 6.42 Å². The summed E-state index contributed by atoms with van der Waals surface area (Å²) in [4.78, 5) is 11.2. The molecular formula is C15H28O2. The van der Waals surface area contributed by atoms with Gasteiger partial charge in [0.1, 0.15) is 0 Å². The molecule has 17 heavy (non-hydrogen) atoms. The molecule has 0 unspecified atom stereocenters. The van der Waals surface area contributed by atoms with Gasteiger partial charge < -0.3 is 4.74 Å². The van der Waals surface area contributed by atoms with E-state index in [2.05, 4.69) is 26.0 Å². The van der Waals surface area contributed by atoms with Crippen molar-refractivity contribution in [2.45, 2.75) is 71.6 Å². The summed E-state index contributed by atoms with van der Waals surface area (Å²) in [7, 11) is 0. The molecule has 0 saturated carbocycles. The number of carbonyl (C=O) groups excluding carboxylic acids is 1. The Morgan fingerprint density at radius 1 is 0.941 bits per heavy atom. The van der Waals surface area contributed by atoms with Gasteiger partial charge in [0.25, 0.3) is 0 Å². The number of esters is 1. The van der Waals surface area contributed by atoms with E-state index in [0.29, 0.717) is 13.0 Å². The SMILES string of the molecule is CCCCCC/C=C/CCC(=O)OCCCC. The molecule has 0 fully saturated rings. The van der Waals surface area contributed by atoms with Crippen LogP contribution in [0.15, 0.2) is 12.2 Å². The molecule has 0 radical (unpaired) electrons. The Morgan fingerprint density at radius 3 is 2.35 bits per heavy atom. The first kappa shape index (κ1) is 16.2. The van der Waals surface area contributed by atoms with Crippen LogP contribution in [0.4, 0.5) is 0 Å². The lowest BCUT2D eigenvalue weighted by molar-refractivity contribution is -0.143. The van der Waals surface area contributed by atoms with Crippen molar-refractivity contribution in [1.29, 1.82) is 0 Å². The summed E-state index contributed by atoms with van der Waals surface area (Å²) in [5.74, 6) is -0.0610. The largest absolute Gasteiger partial charge is 0.466 e. The molecule has 0 spiro atoms. The van der Waals surface area contributed by atoms with Gasteiger partial charge in [-0.1, -0.05) is 51.7 Å². The lowest BCUT2D eigenvalue weighted by atomic mass is 10.1. The van der Waals surface area contributed by atoms with Crippen LogP contribution in [0.5, 0.6) is 0 Å². The maximum Gasteiger partial charge on any atom is 0.306 e. The van der Waals surface area contributed by atoms with E-state index in [0.717, 1.165) is 25.7 Å². The van der Waals surface area contributed by atoms with Gasteiger partial charge in [-0.25, -0.2) is 0 Å². The van der Waals surface area contributed by atoms with Crippen LogP contribution in [0.2, 0.25) is 0 Å². The molecule has 0 aromatic heterocycles. The van der Waals surface area contributed by atoms with Crippen LogP contribution in [0.25, 0.3) is 0 Å². The molecule has 2 heteroatoms. The quantitative estimate of drug-likeness (QED) is 0.299. The van der Waals surface area contributed by atoms with Crippen LogP contribution in [0, 0.1) is 0 Å². The van der Waals surface area contributed by atoms with Crippen LogP contribution < -0.4 is 0 Å². The number of allylic oxidation sites excluding steroid dienone is 2. The van der Waals surface area contributed by atoms with E-state index in [9.17, 15) is 4.79 Å². The summed E-state index contributed by atoms with van der Waals surface area (Å²) in [6.45, 7) is 4.89. The molecule has 0 amide bonds. The second-order valence-electron chi connectivity index (χ2n) is 4.43. The van der Waals surface area contributed by atoms with E-state index in [1.165, 1.54) is 25.7 Å². The van der Waals surface area contributed by atoms with Gasteiger partial charge in [0.05, 0.1) is 6.61 Å². The van der Waals surface area contributed by atoms with Crippen molar-refractivity contribution in [3.8, 4) is 0 Å². The third-order valence-electron chi connectivity index (χ3n) is 2.67. The van der Waals surface area contributed by atoms with Gasteiger partial charge in [-0.3, -0.25) is 4.79 Å². The highest BCUT2D eigenvalue weighted by Gasteiger charge is 1.99. The molecule has 0 atom stereocenters. The average Bonchev–Trinajstić information content (AvgIpc) is 2.33. The fourth-order valence-electron chi connectivity index (χ4n) is 1.53. The molecule has 100 valence electrons. The maximum absolute atomic E-state index is 11.2. The summed E-state index contributed by atoms with van der Waals surface area (Å²) in [6, 6.07) is 0. The lowest BCUT2D eigenvalue weighted by Crippen LogP contribution is -2.04. The van der Waals surface area contributed by atoms with Gasteiger partial charge in [-0.05, 0) is 25.7 Å². The summed E-state index contributed by atoms with van der Waals surface area (Å²) in [6.07, 6.45) is 14.0. The van der Waals surface area contributed by atoms with E-state index in [1.54, 1.807) is 0 Å². The molecule has 2 nitrogen and oxygen atoms in total. The van der Waals surface area contributed by atoms with Crippen LogP contribution >= 0.6 is 0 Å². The summed E-state index contributed by atoms with van der Waals surface area (Å²) < 4.78 is 5.07. The fraction of sp³-hybridized carbons (Fsp3) is 0.800. The topological polar surface area (TPSA) is 26.3 Å². The fourth-order valence-corrected chi connectivity index (χ4v) is 1.53. The molecule has 0 aliphatic rings. The van der Waals surface area contributed by atoms with Gasteiger partial charge >= 0.3 is 5.97 Å². The van der Waals surface area contributed by atoms with E-state index in [-0.39, 0.29) is 5.97 Å². The van der Waals surface area contributed by atoms with Crippen molar-refractivity contribution >= 4 is 5.97 Å². The highest BCUT2D eigenvalue weighted by Crippen LogP contribution is 2.04. The van der Waals surface area contributed by atoms with E-state index < -0.39 is 0 Å². The molecule has 0 aromatic carbocycles. The normalized spacial score (nSPS) is 10.9. The van der Waals surface area contributed by atoms with Crippen LogP contribution in [0.3, 0.4) is 0 Å². The number of carbonyl (C=O) groups is 1. The Kier molecular flexibility index (Phi) is 12.7. The molecule has 0 rings (SSSR count). The van der Waals surface area contributed by atoms with Crippen molar-refractivity contribution in [2.24, 2.45) is 0 Å². The van der Waals surface area contributed by atoms with E-state index in [4.69, 9.17) is 4.74 Å². The van der Waals surface area contributed by atoms with Crippen LogP contribution in [-0.4, -0.2) is 12.6 Å². The Hall–Kier alpha value is -0.790. The highest BCUT2D eigenvalue weighted by molar-refractivity contribution is 5.69. The third-order valence-corrected chi connectivity index (χ3v) is 2.67. The first-order valence-electron chi connectivity index (χ1n) is 7.11. The Bertz CT molecular complexity index is 197. The molecule has 0 saturated heterocycles. The first-order valence-corrected chi connectivity index (χ1v) is 7.11. The summed E-state index contributed by atoms with van der Waals surface area (Å²) >= 11 is 0.